The molecule has 8 heteroatoms. The third kappa shape index (κ3) is 4.31. The first-order chi connectivity index (χ1) is 13.5. The van der Waals surface area contributed by atoms with Gasteiger partial charge in [0, 0.05) is 17.5 Å². The molecule has 0 saturated carbocycles. The minimum atomic E-state index is -0.918. The van der Waals surface area contributed by atoms with E-state index < -0.39 is 17.9 Å². The quantitative estimate of drug-likeness (QED) is 0.642. The summed E-state index contributed by atoms with van der Waals surface area (Å²) < 4.78 is 11.1. The van der Waals surface area contributed by atoms with Gasteiger partial charge in [-0.05, 0) is 30.3 Å². The highest BCUT2D eigenvalue weighted by molar-refractivity contribution is 6.40. The summed E-state index contributed by atoms with van der Waals surface area (Å²) in [6, 6.07) is 15.6. The number of para-hydroxylation sites is 1. The van der Waals surface area contributed by atoms with E-state index in [4.69, 9.17) is 26.0 Å². The monoisotopic (exact) mass is 397 g/mol. The lowest BCUT2D eigenvalue weighted by atomic mass is 10.2. The zero-order chi connectivity index (χ0) is 20.1. The minimum Gasteiger partial charge on any atom is -0.458 e. The maximum Gasteiger partial charge on any atom is 0.313 e. The van der Waals surface area contributed by atoms with Gasteiger partial charge in [0.25, 0.3) is 0 Å². The van der Waals surface area contributed by atoms with Crippen LogP contribution in [-0.2, 0) is 14.3 Å². The molecule has 0 fully saturated rings. The van der Waals surface area contributed by atoms with E-state index in [1.54, 1.807) is 0 Å². The Morgan fingerprint density at radius 1 is 1.21 bits per heavy atom. The number of hydrogen-bond donors (Lipinski definition) is 2. The predicted molar refractivity (Wildman–Crippen MR) is 104 cm³/mol. The molecule has 1 atom stereocenters. The minimum absolute atomic E-state index is 0.0310. The molecule has 0 aliphatic rings. The molecule has 0 saturated heterocycles. The van der Waals surface area contributed by atoms with Gasteiger partial charge in [0.15, 0.2) is 0 Å². The van der Waals surface area contributed by atoms with Gasteiger partial charge in [0.05, 0.1) is 17.8 Å². The fourth-order valence-corrected chi connectivity index (χ4v) is 2.80. The van der Waals surface area contributed by atoms with E-state index in [0.29, 0.717) is 16.4 Å². The van der Waals surface area contributed by atoms with Crippen LogP contribution in [0.2, 0.25) is 5.02 Å². The number of furan rings is 1. The van der Waals surface area contributed by atoms with Gasteiger partial charge < -0.3 is 19.8 Å². The molecule has 3 aromatic rings. The van der Waals surface area contributed by atoms with E-state index in [2.05, 4.69) is 10.6 Å². The summed E-state index contributed by atoms with van der Waals surface area (Å²) in [5, 5.41) is 15.2. The van der Waals surface area contributed by atoms with Crippen LogP contribution in [0.4, 0.5) is 5.69 Å². The third-order valence-electron chi connectivity index (χ3n) is 4.05. The van der Waals surface area contributed by atoms with Gasteiger partial charge in [0.2, 0.25) is 0 Å². The number of anilines is 1. The Labute approximate surface area is 165 Å². The fraction of sp³-hybridized carbons (Fsp3) is 0.150. The van der Waals surface area contributed by atoms with Crippen LogP contribution in [0, 0.1) is 11.3 Å². The first kappa shape index (κ1) is 19.4. The average Bonchev–Trinajstić information content (AvgIpc) is 3.12. The molecule has 0 aliphatic heterocycles. The molecule has 2 aromatic carbocycles. The highest BCUT2D eigenvalue weighted by Crippen LogP contribution is 2.25. The number of halogens is 1. The first-order valence-electron chi connectivity index (χ1n) is 8.32. The van der Waals surface area contributed by atoms with Gasteiger partial charge in [0.1, 0.15) is 23.5 Å². The van der Waals surface area contributed by atoms with Crippen molar-refractivity contribution in [2.45, 2.75) is 6.10 Å². The van der Waals surface area contributed by atoms with Gasteiger partial charge in [-0.1, -0.05) is 29.8 Å². The third-order valence-corrected chi connectivity index (χ3v) is 4.29. The number of amides is 2. The Bertz CT molecular complexity index is 1040. The van der Waals surface area contributed by atoms with E-state index in [1.165, 1.54) is 25.3 Å². The maximum absolute atomic E-state index is 12.1. The Morgan fingerprint density at radius 3 is 2.71 bits per heavy atom. The Hall–Kier alpha value is -3.34. The van der Waals surface area contributed by atoms with E-state index in [1.807, 2.05) is 36.4 Å². The number of nitrogens with one attached hydrogen (secondary N) is 2. The van der Waals surface area contributed by atoms with Crippen LogP contribution in [0.15, 0.2) is 52.9 Å². The van der Waals surface area contributed by atoms with Crippen LogP contribution in [0.3, 0.4) is 0 Å². The summed E-state index contributed by atoms with van der Waals surface area (Å²) in [7, 11) is 1.48. The second kappa shape index (κ2) is 8.57. The van der Waals surface area contributed by atoms with Crippen LogP contribution in [0.25, 0.3) is 11.0 Å². The van der Waals surface area contributed by atoms with Crippen molar-refractivity contribution in [1.82, 2.24) is 5.32 Å². The number of benzene rings is 2. The molecule has 0 unspecified atom stereocenters. The summed E-state index contributed by atoms with van der Waals surface area (Å²) in [6.45, 7) is 0.0310. The number of carbonyl (C=O) groups is 2. The smallest absolute Gasteiger partial charge is 0.313 e. The van der Waals surface area contributed by atoms with Gasteiger partial charge in [-0.3, -0.25) is 9.59 Å². The number of rotatable bonds is 5. The lowest BCUT2D eigenvalue weighted by Gasteiger charge is -2.14. The maximum atomic E-state index is 12.1. The number of nitriles is 1. The van der Waals surface area contributed by atoms with Crippen molar-refractivity contribution in [3.63, 3.8) is 0 Å². The number of nitrogens with zero attached hydrogens (tertiary/aromatic N) is 1. The molecule has 3 rings (SSSR count). The predicted octanol–water partition coefficient (Wildman–Crippen LogP) is 3.40. The lowest BCUT2D eigenvalue weighted by molar-refractivity contribution is -0.136. The molecule has 0 radical (unpaired) electrons. The molecule has 2 amide bonds. The first-order valence-corrected chi connectivity index (χ1v) is 8.69. The largest absolute Gasteiger partial charge is 0.458 e. The van der Waals surface area contributed by atoms with Crippen LogP contribution >= 0.6 is 11.6 Å². The zero-order valence-corrected chi connectivity index (χ0v) is 15.6. The molecule has 28 heavy (non-hydrogen) atoms. The van der Waals surface area contributed by atoms with Gasteiger partial charge >= 0.3 is 11.8 Å². The number of ether oxygens (including phenoxy) is 1. The van der Waals surface area contributed by atoms with Crippen molar-refractivity contribution < 1.29 is 18.7 Å². The van der Waals surface area contributed by atoms with Crippen molar-refractivity contribution in [3.8, 4) is 6.07 Å². The zero-order valence-electron chi connectivity index (χ0n) is 14.9. The summed E-state index contributed by atoms with van der Waals surface area (Å²) in [5.74, 6) is -1.26. The average molecular weight is 398 g/mol. The number of carbonyl (C=O) groups excluding carboxylic acids is 2. The topological polar surface area (TPSA) is 104 Å². The summed E-state index contributed by atoms with van der Waals surface area (Å²) in [5.41, 5.74) is 1.06. The van der Waals surface area contributed by atoms with E-state index >= 15 is 0 Å². The van der Waals surface area contributed by atoms with Crippen molar-refractivity contribution in [3.05, 3.63) is 64.9 Å². The van der Waals surface area contributed by atoms with Crippen molar-refractivity contribution in [1.29, 1.82) is 5.26 Å². The summed E-state index contributed by atoms with van der Waals surface area (Å²) >= 11 is 5.87. The number of fused-ring (bicyclic) bond motifs is 1. The van der Waals surface area contributed by atoms with E-state index in [0.717, 1.165) is 5.39 Å². The molecular formula is C20H16ClN3O4. The lowest BCUT2D eigenvalue weighted by Crippen LogP contribution is -2.38. The Kier molecular flexibility index (Phi) is 5.94. The molecule has 142 valence electrons. The Balaban J connectivity index is 1.64. The second-order valence-corrected chi connectivity index (χ2v) is 6.31. The number of methoxy groups -OCH3 is 1. The normalized spacial score (nSPS) is 11.6. The molecular weight excluding hydrogens is 382 g/mol. The van der Waals surface area contributed by atoms with Crippen LogP contribution in [0.5, 0.6) is 0 Å². The summed E-state index contributed by atoms with van der Waals surface area (Å²) in [6.07, 6.45) is -0.565. The SMILES string of the molecule is CO[C@@H](CNC(=O)C(=O)Nc1cc(Cl)ccc1C#N)c1cc2ccccc2o1. The van der Waals surface area contributed by atoms with Crippen molar-refractivity contribution in [2.24, 2.45) is 0 Å². The molecule has 0 aliphatic carbocycles. The fourth-order valence-electron chi connectivity index (χ4n) is 2.62. The van der Waals surface area contributed by atoms with Gasteiger partial charge in [-0.2, -0.15) is 5.26 Å². The highest BCUT2D eigenvalue weighted by atomic mass is 35.5. The molecule has 0 bridgehead atoms. The van der Waals surface area contributed by atoms with Crippen molar-refractivity contribution >= 4 is 40.1 Å². The molecule has 1 aromatic heterocycles. The van der Waals surface area contributed by atoms with Crippen molar-refractivity contribution in [2.75, 3.05) is 19.0 Å². The standard InChI is InChI=1S/C20H16ClN3O4/c1-27-18(17-8-12-4-2-3-5-16(12)28-17)11-23-19(25)20(26)24-15-9-14(21)7-6-13(15)10-22/h2-9,18H,11H2,1H3,(H,23,25)(H,24,26)/t18-/m0/s1. The second-order valence-electron chi connectivity index (χ2n) is 5.88. The van der Waals surface area contributed by atoms with Gasteiger partial charge in [-0.25, -0.2) is 0 Å². The van der Waals surface area contributed by atoms with Crippen LogP contribution in [0.1, 0.15) is 17.4 Å². The Morgan fingerprint density at radius 2 is 2.00 bits per heavy atom. The van der Waals surface area contributed by atoms with Crippen LogP contribution in [-0.4, -0.2) is 25.5 Å². The highest BCUT2D eigenvalue weighted by Gasteiger charge is 2.20. The number of hydrogen-bond acceptors (Lipinski definition) is 5. The van der Waals surface area contributed by atoms with E-state index in [-0.39, 0.29) is 17.8 Å². The van der Waals surface area contributed by atoms with Gasteiger partial charge in [-0.15, -0.1) is 0 Å². The molecule has 1 heterocycles. The summed E-state index contributed by atoms with van der Waals surface area (Å²) in [4.78, 5) is 24.3. The molecule has 7 nitrogen and oxygen atoms in total. The van der Waals surface area contributed by atoms with E-state index in [9.17, 15) is 9.59 Å². The molecule has 0 spiro atoms. The molecule has 2 N–H and O–H groups in total. The van der Waals surface area contributed by atoms with Crippen LogP contribution < -0.4 is 10.6 Å².